The van der Waals surface area contributed by atoms with Crippen LogP contribution in [0.1, 0.15) is 36.7 Å². The highest BCUT2D eigenvalue weighted by molar-refractivity contribution is 14.0. The average molecular weight is 525 g/mol. The summed E-state index contributed by atoms with van der Waals surface area (Å²) in [4.78, 5) is 17.8. The molecule has 4 N–H and O–H groups in total. The number of guanidine groups is 1. The third kappa shape index (κ3) is 6.10. The van der Waals surface area contributed by atoms with Crippen LogP contribution < -0.4 is 16.4 Å². The van der Waals surface area contributed by atoms with E-state index in [4.69, 9.17) is 10.7 Å². The lowest BCUT2D eigenvalue weighted by Crippen LogP contribution is -2.50. The van der Waals surface area contributed by atoms with Crippen LogP contribution >= 0.6 is 24.0 Å². The van der Waals surface area contributed by atoms with E-state index in [0.717, 1.165) is 48.0 Å². The normalized spacial score (nSPS) is 14.9. The van der Waals surface area contributed by atoms with Crippen molar-refractivity contribution in [1.82, 2.24) is 25.3 Å². The van der Waals surface area contributed by atoms with Gasteiger partial charge >= 0.3 is 6.03 Å². The first kappa shape index (κ1) is 24.0. The maximum Gasteiger partial charge on any atom is 0.314 e. The number of carbonyl (C=O) groups excluding carboxylic acids is 1. The van der Waals surface area contributed by atoms with E-state index >= 15 is 0 Å². The van der Waals surface area contributed by atoms with Gasteiger partial charge in [-0.05, 0) is 51.3 Å². The molecule has 2 aromatic rings. The number of hydrogen-bond acceptors (Lipinski definition) is 3. The molecule has 0 aliphatic carbocycles. The zero-order valence-electron chi connectivity index (χ0n) is 17.9. The van der Waals surface area contributed by atoms with Gasteiger partial charge in [0.25, 0.3) is 0 Å². The van der Waals surface area contributed by atoms with Crippen LogP contribution in [-0.4, -0.2) is 52.3 Å². The third-order valence-corrected chi connectivity index (χ3v) is 5.13. The number of rotatable bonds is 5. The zero-order valence-corrected chi connectivity index (χ0v) is 20.2. The van der Waals surface area contributed by atoms with Gasteiger partial charge in [-0.1, -0.05) is 18.2 Å². The minimum atomic E-state index is -0.343. The van der Waals surface area contributed by atoms with Gasteiger partial charge in [0.1, 0.15) is 0 Å². The van der Waals surface area contributed by atoms with E-state index in [1.807, 2.05) is 23.7 Å². The molecule has 0 atom stereocenters. The third-order valence-electron chi connectivity index (χ3n) is 5.13. The maximum absolute atomic E-state index is 11.3. The molecule has 0 saturated carbocycles. The number of nitrogens with one attached hydrogen (secondary N) is 2. The van der Waals surface area contributed by atoms with Crippen molar-refractivity contribution in [2.45, 2.75) is 46.2 Å². The van der Waals surface area contributed by atoms with Crippen molar-refractivity contribution >= 4 is 36.0 Å². The molecule has 2 amide bonds. The molecule has 1 aromatic heterocycles. The molecule has 164 valence electrons. The van der Waals surface area contributed by atoms with Gasteiger partial charge in [0, 0.05) is 31.4 Å². The number of urea groups is 1. The number of benzene rings is 1. The largest absolute Gasteiger partial charge is 0.357 e. The number of carbonyl (C=O) groups is 1. The van der Waals surface area contributed by atoms with Crippen molar-refractivity contribution in [3.8, 4) is 5.69 Å². The zero-order chi connectivity index (χ0) is 20.8. The van der Waals surface area contributed by atoms with Crippen molar-refractivity contribution in [3.05, 3.63) is 47.3 Å². The fourth-order valence-electron chi connectivity index (χ4n) is 3.65. The Labute approximate surface area is 195 Å². The number of aliphatic imine (C=N–C) groups is 1. The molecular weight excluding hydrogens is 493 g/mol. The highest BCUT2D eigenvalue weighted by Gasteiger charge is 2.21. The van der Waals surface area contributed by atoms with Crippen LogP contribution in [0, 0.1) is 13.8 Å². The van der Waals surface area contributed by atoms with E-state index in [-0.39, 0.29) is 36.0 Å². The maximum atomic E-state index is 11.3. The smallest absolute Gasteiger partial charge is 0.314 e. The van der Waals surface area contributed by atoms with Crippen molar-refractivity contribution in [3.63, 3.8) is 0 Å². The number of primary amides is 1. The highest BCUT2D eigenvalue weighted by atomic mass is 127. The molecule has 30 heavy (non-hydrogen) atoms. The van der Waals surface area contributed by atoms with Crippen molar-refractivity contribution in [2.24, 2.45) is 10.7 Å². The number of aromatic nitrogens is 2. The lowest BCUT2D eigenvalue weighted by Gasteiger charge is -2.32. The van der Waals surface area contributed by atoms with Crippen LogP contribution in [0.25, 0.3) is 5.69 Å². The van der Waals surface area contributed by atoms with Crippen LogP contribution in [-0.2, 0) is 6.54 Å². The molecule has 1 saturated heterocycles. The van der Waals surface area contributed by atoms with Crippen molar-refractivity contribution in [2.75, 3.05) is 19.6 Å². The summed E-state index contributed by atoms with van der Waals surface area (Å²) in [6, 6.07) is 10.2. The minimum absolute atomic E-state index is 0. The SMILES string of the molecule is CCNC(=NCc1ccccc1-n1nc(C)cc1C)NC1CCN(C(N)=O)CC1.I. The Bertz CT molecular complexity index is 872. The summed E-state index contributed by atoms with van der Waals surface area (Å²) in [5.74, 6) is 0.785. The predicted octanol–water partition coefficient (Wildman–Crippen LogP) is 2.71. The topological polar surface area (TPSA) is 101 Å². The number of aryl methyl sites for hydroxylation is 2. The van der Waals surface area contributed by atoms with Gasteiger partial charge in [-0.15, -0.1) is 24.0 Å². The molecule has 3 rings (SSSR count). The molecule has 8 nitrogen and oxygen atoms in total. The Morgan fingerprint density at radius 1 is 1.27 bits per heavy atom. The van der Waals surface area contributed by atoms with Crippen LogP contribution in [0.5, 0.6) is 0 Å². The Morgan fingerprint density at radius 2 is 1.97 bits per heavy atom. The molecule has 2 heterocycles. The van der Waals surface area contributed by atoms with Crippen LogP contribution in [0.15, 0.2) is 35.3 Å². The second-order valence-electron chi connectivity index (χ2n) is 7.41. The number of halogens is 1. The minimum Gasteiger partial charge on any atom is -0.357 e. The quantitative estimate of drug-likeness (QED) is 0.318. The first-order valence-electron chi connectivity index (χ1n) is 10.2. The Hall–Kier alpha value is -2.30. The molecule has 0 radical (unpaired) electrons. The molecule has 0 spiro atoms. The van der Waals surface area contributed by atoms with Crippen LogP contribution in [0.4, 0.5) is 4.79 Å². The van der Waals surface area contributed by atoms with Gasteiger partial charge in [-0.25, -0.2) is 14.5 Å². The number of para-hydroxylation sites is 1. The van der Waals surface area contributed by atoms with E-state index in [0.29, 0.717) is 19.6 Å². The Balaban J connectivity index is 0.00000320. The predicted molar refractivity (Wildman–Crippen MR) is 131 cm³/mol. The number of nitrogens with two attached hydrogens (primary N) is 1. The van der Waals surface area contributed by atoms with E-state index in [9.17, 15) is 4.79 Å². The molecular formula is C21H32IN7O. The summed E-state index contributed by atoms with van der Waals surface area (Å²) in [7, 11) is 0. The first-order chi connectivity index (χ1) is 14.0. The van der Waals surface area contributed by atoms with E-state index in [2.05, 4.69) is 47.8 Å². The summed E-state index contributed by atoms with van der Waals surface area (Å²) in [5, 5.41) is 11.4. The second-order valence-corrected chi connectivity index (χ2v) is 7.41. The molecule has 1 aliphatic rings. The standard InChI is InChI=1S/C21H31N7O.HI/c1-4-23-21(25-18-9-11-27(12-10-18)20(22)29)24-14-17-7-5-6-8-19(17)28-16(3)13-15(2)26-28;/h5-8,13,18H,4,9-12,14H2,1-3H3,(H2,22,29)(H2,23,24,25);1H. The van der Waals surface area contributed by atoms with E-state index < -0.39 is 0 Å². The lowest BCUT2D eigenvalue weighted by molar-refractivity contribution is 0.188. The monoisotopic (exact) mass is 525 g/mol. The number of hydrogen-bond donors (Lipinski definition) is 3. The van der Waals surface area contributed by atoms with Gasteiger partial charge in [-0.2, -0.15) is 5.10 Å². The average Bonchev–Trinajstić information content (AvgIpc) is 3.05. The first-order valence-corrected chi connectivity index (χ1v) is 10.2. The van der Waals surface area contributed by atoms with Gasteiger partial charge in [0.05, 0.1) is 17.9 Å². The van der Waals surface area contributed by atoms with Gasteiger partial charge < -0.3 is 21.3 Å². The van der Waals surface area contributed by atoms with Gasteiger partial charge in [0.2, 0.25) is 0 Å². The van der Waals surface area contributed by atoms with E-state index in [1.54, 1.807) is 4.90 Å². The lowest BCUT2D eigenvalue weighted by atomic mass is 10.1. The Morgan fingerprint density at radius 3 is 2.57 bits per heavy atom. The molecule has 1 fully saturated rings. The van der Waals surface area contributed by atoms with Crippen LogP contribution in [0.3, 0.4) is 0 Å². The summed E-state index contributed by atoms with van der Waals surface area (Å²) < 4.78 is 1.97. The summed E-state index contributed by atoms with van der Waals surface area (Å²) in [6.07, 6.45) is 1.71. The van der Waals surface area contributed by atoms with Gasteiger partial charge in [0.15, 0.2) is 5.96 Å². The molecule has 0 unspecified atom stereocenters. The highest BCUT2D eigenvalue weighted by Crippen LogP contribution is 2.18. The molecule has 0 bridgehead atoms. The summed E-state index contributed by atoms with van der Waals surface area (Å²) >= 11 is 0. The van der Waals surface area contributed by atoms with Crippen molar-refractivity contribution in [1.29, 1.82) is 0 Å². The van der Waals surface area contributed by atoms with Gasteiger partial charge in [-0.3, -0.25) is 0 Å². The second kappa shape index (κ2) is 11.2. The molecule has 1 aliphatic heterocycles. The molecule has 1 aromatic carbocycles. The Kier molecular flexibility index (Phi) is 8.94. The number of piperidine rings is 1. The van der Waals surface area contributed by atoms with Crippen molar-refractivity contribution < 1.29 is 4.79 Å². The summed E-state index contributed by atoms with van der Waals surface area (Å²) in [5.41, 5.74) is 9.63. The fourth-order valence-corrected chi connectivity index (χ4v) is 3.65. The number of likely N-dealkylation sites (tertiary alicyclic amines) is 1. The number of amides is 2. The summed E-state index contributed by atoms with van der Waals surface area (Å²) in [6.45, 7) is 8.79. The number of nitrogens with zero attached hydrogens (tertiary/aromatic N) is 4. The van der Waals surface area contributed by atoms with Crippen LogP contribution in [0.2, 0.25) is 0 Å². The fraction of sp³-hybridized carbons (Fsp3) is 0.476. The van der Waals surface area contributed by atoms with E-state index in [1.165, 1.54) is 0 Å². The molecule has 9 heteroatoms.